The third-order valence-corrected chi connectivity index (χ3v) is 4.41. The minimum atomic E-state index is -3.74. The number of sulfonamides is 1. The summed E-state index contributed by atoms with van der Waals surface area (Å²) in [7, 11) is -3.74. The molecule has 2 aromatic carbocycles. The molecule has 0 amide bonds. The van der Waals surface area contributed by atoms with Crippen LogP contribution >= 0.6 is 0 Å². The standard InChI is InChI=1S/C14H15FN2O2S/c1-9-3-5-12(7-10(9)2)20(18,19)17-14-6-4-11(15)8-13(14)16/h3-8,17H,16H2,1-2H3. The van der Waals surface area contributed by atoms with E-state index in [9.17, 15) is 12.8 Å². The second kappa shape index (κ2) is 5.13. The molecule has 3 N–H and O–H groups in total. The van der Waals surface area contributed by atoms with Crippen molar-refractivity contribution in [2.45, 2.75) is 18.7 Å². The Hall–Kier alpha value is -2.08. The zero-order chi connectivity index (χ0) is 14.9. The highest BCUT2D eigenvalue weighted by molar-refractivity contribution is 7.92. The van der Waals surface area contributed by atoms with Crippen LogP contribution in [0.5, 0.6) is 0 Å². The van der Waals surface area contributed by atoms with Gasteiger partial charge in [-0.25, -0.2) is 12.8 Å². The Morgan fingerprint density at radius 1 is 1.05 bits per heavy atom. The van der Waals surface area contributed by atoms with Gasteiger partial charge >= 0.3 is 0 Å². The van der Waals surface area contributed by atoms with Crippen molar-refractivity contribution in [2.75, 3.05) is 10.5 Å². The van der Waals surface area contributed by atoms with E-state index in [2.05, 4.69) is 4.72 Å². The lowest BCUT2D eigenvalue weighted by Crippen LogP contribution is -2.14. The first-order chi connectivity index (χ1) is 9.29. The Labute approximate surface area is 117 Å². The van der Waals surface area contributed by atoms with E-state index in [0.29, 0.717) is 0 Å². The molecule has 6 heteroatoms. The molecule has 2 aromatic rings. The number of aryl methyl sites for hydroxylation is 2. The van der Waals surface area contributed by atoms with E-state index in [0.717, 1.165) is 23.3 Å². The first-order valence-electron chi connectivity index (χ1n) is 5.95. The maximum atomic E-state index is 12.9. The zero-order valence-electron chi connectivity index (χ0n) is 11.1. The first kappa shape index (κ1) is 14.3. The summed E-state index contributed by atoms with van der Waals surface area (Å²) >= 11 is 0. The number of nitrogens with two attached hydrogens (primary N) is 1. The van der Waals surface area contributed by atoms with Crippen LogP contribution in [-0.2, 0) is 10.0 Å². The molecule has 0 aliphatic carbocycles. The van der Waals surface area contributed by atoms with Crippen molar-refractivity contribution >= 4 is 21.4 Å². The van der Waals surface area contributed by atoms with Crippen LogP contribution < -0.4 is 10.5 Å². The van der Waals surface area contributed by atoms with Gasteiger partial charge in [0.05, 0.1) is 16.3 Å². The highest BCUT2D eigenvalue weighted by atomic mass is 32.2. The quantitative estimate of drug-likeness (QED) is 0.855. The summed E-state index contributed by atoms with van der Waals surface area (Å²) < 4.78 is 39.8. The predicted octanol–water partition coefficient (Wildman–Crippen LogP) is 2.83. The Balaban J connectivity index is 2.38. The van der Waals surface area contributed by atoms with Gasteiger partial charge in [0.2, 0.25) is 0 Å². The topological polar surface area (TPSA) is 72.2 Å². The van der Waals surface area contributed by atoms with Gasteiger partial charge in [-0.3, -0.25) is 4.72 Å². The SMILES string of the molecule is Cc1ccc(S(=O)(=O)Nc2ccc(F)cc2N)cc1C. The number of nitrogen functional groups attached to an aromatic ring is 1. The first-order valence-corrected chi connectivity index (χ1v) is 7.43. The van der Waals surface area contributed by atoms with Crippen molar-refractivity contribution in [2.24, 2.45) is 0 Å². The summed E-state index contributed by atoms with van der Waals surface area (Å²) in [4.78, 5) is 0.143. The normalized spacial score (nSPS) is 11.3. The van der Waals surface area contributed by atoms with Gasteiger partial charge in [-0.2, -0.15) is 0 Å². The molecule has 0 saturated heterocycles. The Kier molecular flexibility index (Phi) is 3.67. The Bertz CT molecular complexity index is 758. The van der Waals surface area contributed by atoms with Gasteiger partial charge in [0.25, 0.3) is 10.0 Å². The molecule has 106 valence electrons. The molecule has 0 fully saturated rings. The summed E-state index contributed by atoms with van der Waals surface area (Å²) in [6, 6.07) is 8.34. The van der Waals surface area contributed by atoms with Crippen LogP contribution in [0.25, 0.3) is 0 Å². The van der Waals surface area contributed by atoms with E-state index in [-0.39, 0.29) is 16.3 Å². The van der Waals surface area contributed by atoms with E-state index in [1.54, 1.807) is 12.1 Å². The van der Waals surface area contributed by atoms with E-state index >= 15 is 0 Å². The summed E-state index contributed by atoms with van der Waals surface area (Å²) in [6.07, 6.45) is 0. The number of hydrogen-bond acceptors (Lipinski definition) is 3. The molecule has 20 heavy (non-hydrogen) atoms. The van der Waals surface area contributed by atoms with Crippen LogP contribution in [0.2, 0.25) is 0 Å². The number of rotatable bonds is 3. The molecule has 0 saturated carbocycles. The average Bonchev–Trinajstić information content (AvgIpc) is 2.36. The molecule has 0 aliphatic heterocycles. The smallest absolute Gasteiger partial charge is 0.261 e. The number of benzene rings is 2. The molecule has 0 aliphatic rings. The number of hydrogen-bond donors (Lipinski definition) is 2. The van der Waals surface area contributed by atoms with Crippen molar-refractivity contribution in [1.82, 2.24) is 0 Å². The fourth-order valence-electron chi connectivity index (χ4n) is 1.71. The van der Waals surface area contributed by atoms with Gasteiger partial charge in [0, 0.05) is 0 Å². The molecule has 0 unspecified atom stereocenters. The van der Waals surface area contributed by atoms with Crippen molar-refractivity contribution < 1.29 is 12.8 Å². The Morgan fingerprint density at radius 3 is 2.35 bits per heavy atom. The van der Waals surface area contributed by atoms with Gasteiger partial charge in [-0.1, -0.05) is 6.07 Å². The fraction of sp³-hybridized carbons (Fsp3) is 0.143. The maximum absolute atomic E-state index is 12.9. The monoisotopic (exact) mass is 294 g/mol. The van der Waals surface area contributed by atoms with Gasteiger partial charge < -0.3 is 5.73 Å². The highest BCUT2D eigenvalue weighted by Gasteiger charge is 2.16. The van der Waals surface area contributed by atoms with Crippen LogP contribution in [0.4, 0.5) is 15.8 Å². The van der Waals surface area contributed by atoms with Crippen LogP contribution in [-0.4, -0.2) is 8.42 Å². The van der Waals surface area contributed by atoms with E-state index in [1.807, 2.05) is 13.8 Å². The molecular weight excluding hydrogens is 279 g/mol. The zero-order valence-corrected chi connectivity index (χ0v) is 12.0. The second-order valence-electron chi connectivity index (χ2n) is 4.58. The molecule has 0 aromatic heterocycles. The van der Waals surface area contributed by atoms with Crippen LogP contribution in [0.15, 0.2) is 41.3 Å². The molecule has 0 radical (unpaired) electrons. The number of nitrogens with one attached hydrogen (secondary N) is 1. The second-order valence-corrected chi connectivity index (χ2v) is 6.27. The lowest BCUT2D eigenvalue weighted by molar-refractivity contribution is 0.601. The van der Waals surface area contributed by atoms with E-state index < -0.39 is 15.8 Å². The third-order valence-electron chi connectivity index (χ3n) is 3.05. The molecule has 0 atom stereocenters. The lowest BCUT2D eigenvalue weighted by Gasteiger charge is -2.11. The number of halogens is 1. The van der Waals surface area contributed by atoms with Crippen molar-refractivity contribution in [1.29, 1.82) is 0 Å². The molecular formula is C14H15FN2O2S. The van der Waals surface area contributed by atoms with Gasteiger partial charge in [-0.15, -0.1) is 0 Å². The van der Waals surface area contributed by atoms with Crippen LogP contribution in [0.3, 0.4) is 0 Å². The molecule has 0 bridgehead atoms. The summed E-state index contributed by atoms with van der Waals surface area (Å²) in [5.74, 6) is -0.517. The minimum Gasteiger partial charge on any atom is -0.397 e. The third kappa shape index (κ3) is 2.91. The summed E-state index contributed by atoms with van der Waals surface area (Å²) in [5.41, 5.74) is 7.67. The largest absolute Gasteiger partial charge is 0.397 e. The molecule has 0 heterocycles. The summed E-state index contributed by atoms with van der Waals surface area (Å²) in [5, 5.41) is 0. The molecule has 0 spiro atoms. The maximum Gasteiger partial charge on any atom is 0.261 e. The number of anilines is 2. The van der Waals surface area contributed by atoms with E-state index in [4.69, 9.17) is 5.73 Å². The highest BCUT2D eigenvalue weighted by Crippen LogP contribution is 2.23. The fourth-order valence-corrected chi connectivity index (χ4v) is 2.88. The van der Waals surface area contributed by atoms with Crippen molar-refractivity contribution in [3.8, 4) is 0 Å². The van der Waals surface area contributed by atoms with Crippen molar-refractivity contribution in [3.63, 3.8) is 0 Å². The molecule has 2 rings (SSSR count). The van der Waals surface area contributed by atoms with Crippen molar-refractivity contribution in [3.05, 3.63) is 53.3 Å². The van der Waals surface area contributed by atoms with Crippen LogP contribution in [0.1, 0.15) is 11.1 Å². The summed E-state index contributed by atoms with van der Waals surface area (Å²) in [6.45, 7) is 3.73. The minimum absolute atomic E-state index is 0.0393. The van der Waals surface area contributed by atoms with Gasteiger partial charge in [0.15, 0.2) is 0 Å². The molecule has 4 nitrogen and oxygen atoms in total. The van der Waals surface area contributed by atoms with Crippen LogP contribution in [0, 0.1) is 19.7 Å². The predicted molar refractivity (Wildman–Crippen MR) is 77.5 cm³/mol. The van der Waals surface area contributed by atoms with E-state index in [1.165, 1.54) is 12.1 Å². The Morgan fingerprint density at radius 2 is 1.75 bits per heavy atom. The lowest BCUT2D eigenvalue weighted by atomic mass is 10.1. The van der Waals surface area contributed by atoms with Gasteiger partial charge in [0.1, 0.15) is 5.82 Å². The average molecular weight is 294 g/mol. The van der Waals surface area contributed by atoms with Gasteiger partial charge in [-0.05, 0) is 55.3 Å².